The summed E-state index contributed by atoms with van der Waals surface area (Å²) >= 11 is 2.76. The summed E-state index contributed by atoms with van der Waals surface area (Å²) in [6.45, 7) is 2.89. The number of amides is 1. The molecule has 0 saturated heterocycles. The van der Waals surface area contributed by atoms with Crippen LogP contribution in [0.5, 0.6) is 5.75 Å². The molecule has 0 aliphatic rings. The zero-order valence-corrected chi connectivity index (χ0v) is 17.3. The third-order valence-electron chi connectivity index (χ3n) is 4.28. The van der Waals surface area contributed by atoms with Gasteiger partial charge in [0.15, 0.2) is 0 Å². The van der Waals surface area contributed by atoms with E-state index in [-0.39, 0.29) is 17.5 Å². The molecule has 0 saturated carbocycles. The molecule has 2 heterocycles. The van der Waals surface area contributed by atoms with Gasteiger partial charge in [0.1, 0.15) is 22.9 Å². The van der Waals surface area contributed by atoms with Crippen LogP contribution in [-0.4, -0.2) is 28.2 Å². The minimum atomic E-state index is -0.297. The molecule has 0 bridgehead atoms. The number of thiophene rings is 1. The number of aromatic nitrogens is 2. The van der Waals surface area contributed by atoms with Gasteiger partial charge in [0.25, 0.3) is 0 Å². The van der Waals surface area contributed by atoms with Crippen LogP contribution in [0.1, 0.15) is 12.5 Å². The molecule has 0 unspecified atom stereocenters. The molecule has 0 aliphatic carbocycles. The van der Waals surface area contributed by atoms with Gasteiger partial charge in [-0.1, -0.05) is 36.0 Å². The second-order valence-corrected chi connectivity index (χ2v) is 8.19. The number of hydrogen-bond donors (Lipinski definition) is 1. The van der Waals surface area contributed by atoms with E-state index in [2.05, 4.69) is 15.3 Å². The van der Waals surface area contributed by atoms with E-state index in [9.17, 15) is 9.18 Å². The number of hydrogen-bond acceptors (Lipinski definition) is 6. The normalized spacial score (nSPS) is 11.1. The lowest BCUT2D eigenvalue weighted by Gasteiger charge is -2.10. The molecule has 2 aromatic carbocycles. The highest BCUT2D eigenvalue weighted by Gasteiger charge is 2.15. The zero-order chi connectivity index (χ0) is 20.2. The van der Waals surface area contributed by atoms with Gasteiger partial charge in [0, 0.05) is 16.8 Å². The second-order valence-electron chi connectivity index (χ2n) is 6.18. The van der Waals surface area contributed by atoms with Gasteiger partial charge in [0.05, 0.1) is 28.0 Å². The van der Waals surface area contributed by atoms with Crippen LogP contribution in [0.15, 0.2) is 53.8 Å². The molecule has 1 N–H and O–H groups in total. The number of para-hydroxylation sites is 1. The van der Waals surface area contributed by atoms with Crippen LogP contribution in [0.3, 0.4) is 0 Å². The number of carbonyl (C=O) groups excluding carboxylic acids is 1. The lowest BCUT2D eigenvalue weighted by Crippen LogP contribution is -2.24. The van der Waals surface area contributed by atoms with Gasteiger partial charge in [-0.3, -0.25) is 4.79 Å². The van der Waals surface area contributed by atoms with E-state index in [1.807, 2.05) is 37.3 Å². The molecule has 29 heavy (non-hydrogen) atoms. The number of fused-ring (bicyclic) bond motifs is 3. The van der Waals surface area contributed by atoms with Crippen LogP contribution in [0.2, 0.25) is 0 Å². The third kappa shape index (κ3) is 4.18. The van der Waals surface area contributed by atoms with E-state index in [1.54, 1.807) is 6.07 Å². The molecular weight excluding hydrogens is 409 g/mol. The molecule has 0 aliphatic heterocycles. The lowest BCUT2D eigenvalue weighted by atomic mass is 10.2. The maximum Gasteiger partial charge on any atom is 0.230 e. The molecule has 4 aromatic rings. The van der Waals surface area contributed by atoms with Crippen molar-refractivity contribution in [2.75, 3.05) is 12.4 Å². The van der Waals surface area contributed by atoms with Crippen LogP contribution >= 0.6 is 23.1 Å². The van der Waals surface area contributed by atoms with E-state index < -0.39 is 0 Å². The first-order chi connectivity index (χ1) is 14.2. The average Bonchev–Trinajstić information content (AvgIpc) is 3.12. The summed E-state index contributed by atoms with van der Waals surface area (Å²) in [4.78, 5) is 20.9. The number of rotatable bonds is 7. The SMILES string of the molecule is CCOc1ccccc1CNC(=O)CSc1ncnc2c1sc1cccc(F)c12. The number of ether oxygens (including phenoxy) is 1. The molecule has 1 amide bonds. The number of carbonyl (C=O) groups is 1. The Morgan fingerprint density at radius 3 is 2.93 bits per heavy atom. The van der Waals surface area contributed by atoms with Gasteiger partial charge in [-0.15, -0.1) is 11.3 Å². The maximum absolute atomic E-state index is 14.2. The fraction of sp³-hybridized carbons (Fsp3) is 0.190. The smallest absolute Gasteiger partial charge is 0.230 e. The third-order valence-corrected chi connectivity index (χ3v) is 6.55. The van der Waals surface area contributed by atoms with Crippen molar-refractivity contribution in [3.63, 3.8) is 0 Å². The number of benzene rings is 2. The van der Waals surface area contributed by atoms with Crippen LogP contribution in [-0.2, 0) is 11.3 Å². The van der Waals surface area contributed by atoms with Crippen molar-refractivity contribution in [3.8, 4) is 5.75 Å². The Balaban J connectivity index is 1.45. The minimum Gasteiger partial charge on any atom is -0.494 e. The van der Waals surface area contributed by atoms with E-state index in [4.69, 9.17) is 4.74 Å². The fourth-order valence-corrected chi connectivity index (χ4v) is 5.06. The summed E-state index contributed by atoms with van der Waals surface area (Å²) in [5.41, 5.74) is 1.52. The number of nitrogens with zero attached hydrogens (tertiary/aromatic N) is 2. The Hall–Kier alpha value is -2.71. The maximum atomic E-state index is 14.2. The van der Waals surface area contributed by atoms with E-state index in [0.717, 1.165) is 20.7 Å². The Kier molecular flexibility index (Phi) is 5.92. The highest BCUT2D eigenvalue weighted by atomic mass is 32.2. The van der Waals surface area contributed by atoms with Crippen molar-refractivity contribution in [2.24, 2.45) is 0 Å². The highest BCUT2D eigenvalue weighted by molar-refractivity contribution is 8.00. The van der Waals surface area contributed by atoms with Gasteiger partial charge in [-0.05, 0) is 25.1 Å². The summed E-state index contributed by atoms with van der Waals surface area (Å²) in [5.74, 6) is 0.571. The molecule has 5 nitrogen and oxygen atoms in total. The molecule has 0 fully saturated rings. The van der Waals surface area contributed by atoms with Crippen LogP contribution in [0, 0.1) is 5.82 Å². The van der Waals surface area contributed by atoms with Crippen LogP contribution in [0.25, 0.3) is 20.3 Å². The molecule has 8 heteroatoms. The Bertz CT molecular complexity index is 1180. The highest BCUT2D eigenvalue weighted by Crippen LogP contribution is 2.38. The topological polar surface area (TPSA) is 64.1 Å². The Labute approximate surface area is 175 Å². The average molecular weight is 428 g/mol. The number of nitrogens with one attached hydrogen (secondary N) is 1. The van der Waals surface area contributed by atoms with E-state index in [1.165, 1.54) is 35.5 Å². The minimum absolute atomic E-state index is 0.111. The first-order valence-electron chi connectivity index (χ1n) is 9.09. The summed E-state index contributed by atoms with van der Waals surface area (Å²) < 4.78 is 21.4. The van der Waals surface area contributed by atoms with Crippen molar-refractivity contribution >= 4 is 49.3 Å². The molecule has 148 valence electrons. The first kappa shape index (κ1) is 19.6. The van der Waals surface area contributed by atoms with Gasteiger partial charge in [-0.25, -0.2) is 14.4 Å². The van der Waals surface area contributed by atoms with Crippen molar-refractivity contribution in [1.82, 2.24) is 15.3 Å². The Morgan fingerprint density at radius 1 is 1.21 bits per heavy atom. The standard InChI is InChI=1S/C21H18FN3O2S2/c1-2-27-15-8-4-3-6-13(15)10-23-17(26)11-28-21-20-19(24-12-25-21)18-14(22)7-5-9-16(18)29-20/h3-9,12H,2,10-11H2,1H3,(H,23,26). The van der Waals surface area contributed by atoms with Gasteiger partial charge < -0.3 is 10.1 Å². The monoisotopic (exact) mass is 427 g/mol. The Morgan fingerprint density at radius 2 is 2.07 bits per heavy atom. The molecule has 4 rings (SSSR count). The van der Waals surface area contributed by atoms with Crippen molar-refractivity contribution in [2.45, 2.75) is 18.5 Å². The molecule has 0 radical (unpaired) electrons. The van der Waals surface area contributed by atoms with Gasteiger partial charge >= 0.3 is 0 Å². The fourth-order valence-electron chi connectivity index (χ4n) is 2.98. The van der Waals surface area contributed by atoms with Crippen molar-refractivity contribution < 1.29 is 13.9 Å². The molecule has 0 spiro atoms. The largest absolute Gasteiger partial charge is 0.494 e. The molecule has 2 aromatic heterocycles. The number of thioether (sulfide) groups is 1. The summed E-state index contributed by atoms with van der Waals surface area (Å²) in [5, 5.41) is 4.10. The molecular formula is C21H18FN3O2S2. The van der Waals surface area contributed by atoms with Crippen molar-refractivity contribution in [3.05, 3.63) is 60.2 Å². The summed E-state index contributed by atoms with van der Waals surface area (Å²) in [7, 11) is 0. The zero-order valence-electron chi connectivity index (χ0n) is 15.6. The van der Waals surface area contributed by atoms with E-state index in [0.29, 0.717) is 29.1 Å². The van der Waals surface area contributed by atoms with Crippen LogP contribution < -0.4 is 10.1 Å². The van der Waals surface area contributed by atoms with Gasteiger partial charge in [0.2, 0.25) is 5.91 Å². The van der Waals surface area contributed by atoms with Crippen LogP contribution in [0.4, 0.5) is 4.39 Å². The molecule has 0 atom stereocenters. The summed E-state index contributed by atoms with van der Waals surface area (Å²) in [6, 6.07) is 12.6. The quantitative estimate of drug-likeness (QED) is 0.339. The van der Waals surface area contributed by atoms with Crippen molar-refractivity contribution in [1.29, 1.82) is 0 Å². The first-order valence-corrected chi connectivity index (χ1v) is 10.9. The lowest BCUT2D eigenvalue weighted by molar-refractivity contribution is -0.118. The predicted octanol–water partition coefficient (Wildman–Crippen LogP) is 4.79. The van der Waals surface area contributed by atoms with Gasteiger partial charge in [-0.2, -0.15) is 0 Å². The van der Waals surface area contributed by atoms with E-state index >= 15 is 0 Å². The predicted molar refractivity (Wildman–Crippen MR) is 115 cm³/mol. The summed E-state index contributed by atoms with van der Waals surface area (Å²) in [6.07, 6.45) is 1.42. The number of halogens is 1. The second kappa shape index (κ2) is 8.75.